The summed E-state index contributed by atoms with van der Waals surface area (Å²) in [7, 11) is 0. The van der Waals surface area contributed by atoms with Gasteiger partial charge in [0, 0.05) is 12.6 Å². The van der Waals surface area contributed by atoms with Crippen LogP contribution in [0.4, 0.5) is 0 Å². The van der Waals surface area contributed by atoms with E-state index in [0.29, 0.717) is 6.54 Å². The molecule has 0 spiro atoms. The lowest BCUT2D eigenvalue weighted by Crippen LogP contribution is -2.45. The third-order valence-corrected chi connectivity index (χ3v) is 3.53. The van der Waals surface area contributed by atoms with Gasteiger partial charge >= 0.3 is 0 Å². The van der Waals surface area contributed by atoms with Gasteiger partial charge in [-0.25, -0.2) is 0 Å². The van der Waals surface area contributed by atoms with Crippen LogP contribution < -0.4 is 10.1 Å². The molecule has 0 amide bonds. The summed E-state index contributed by atoms with van der Waals surface area (Å²) >= 11 is 0. The van der Waals surface area contributed by atoms with Gasteiger partial charge < -0.3 is 20.3 Å². The highest BCUT2D eigenvalue weighted by atomic mass is 16.5. The molecule has 2 rings (SSSR count). The van der Waals surface area contributed by atoms with Gasteiger partial charge in [0.2, 0.25) is 0 Å². The zero-order valence-electron chi connectivity index (χ0n) is 11.2. The van der Waals surface area contributed by atoms with Crippen LogP contribution >= 0.6 is 0 Å². The van der Waals surface area contributed by atoms with E-state index < -0.39 is 6.10 Å². The van der Waals surface area contributed by atoms with E-state index in [2.05, 4.69) is 5.32 Å². The fourth-order valence-electron chi connectivity index (χ4n) is 2.40. The Balaban J connectivity index is 1.65. The summed E-state index contributed by atoms with van der Waals surface area (Å²) in [6.45, 7) is 0.717. The van der Waals surface area contributed by atoms with Gasteiger partial charge in [0.25, 0.3) is 0 Å². The standard InChI is InChI=1S/C15H23NO3/c17-12(11-19-13-6-2-1-3-7-13)10-16-14-8-4-5-9-15(14)18/h1-3,6-7,12,14-18H,4-5,8-11H2. The molecule has 1 aromatic carbocycles. The minimum absolute atomic E-state index is 0.111. The third kappa shape index (κ3) is 4.82. The Hall–Kier alpha value is -1.10. The predicted octanol–water partition coefficient (Wildman–Crippen LogP) is 1.32. The first-order chi connectivity index (χ1) is 9.25. The van der Waals surface area contributed by atoms with E-state index in [9.17, 15) is 10.2 Å². The van der Waals surface area contributed by atoms with E-state index in [4.69, 9.17) is 4.74 Å². The van der Waals surface area contributed by atoms with Gasteiger partial charge in [0.1, 0.15) is 18.5 Å². The molecule has 19 heavy (non-hydrogen) atoms. The molecule has 3 atom stereocenters. The van der Waals surface area contributed by atoms with Crippen molar-refractivity contribution in [1.82, 2.24) is 5.32 Å². The molecule has 3 unspecified atom stereocenters. The first-order valence-corrected chi connectivity index (χ1v) is 7.03. The average molecular weight is 265 g/mol. The fraction of sp³-hybridized carbons (Fsp3) is 0.600. The Kier molecular flexibility index (Phi) is 5.63. The topological polar surface area (TPSA) is 61.7 Å². The van der Waals surface area contributed by atoms with Crippen molar-refractivity contribution in [2.45, 2.75) is 43.9 Å². The van der Waals surface area contributed by atoms with Crippen molar-refractivity contribution in [3.8, 4) is 5.75 Å². The van der Waals surface area contributed by atoms with Gasteiger partial charge in [-0.1, -0.05) is 31.0 Å². The fourth-order valence-corrected chi connectivity index (χ4v) is 2.40. The van der Waals surface area contributed by atoms with Crippen LogP contribution in [0.5, 0.6) is 5.75 Å². The van der Waals surface area contributed by atoms with Gasteiger partial charge in [-0.05, 0) is 25.0 Å². The van der Waals surface area contributed by atoms with Crippen molar-refractivity contribution in [3.63, 3.8) is 0 Å². The Labute approximate surface area is 114 Å². The number of rotatable bonds is 6. The average Bonchev–Trinajstić information content (AvgIpc) is 2.45. The zero-order chi connectivity index (χ0) is 13.5. The zero-order valence-corrected chi connectivity index (χ0v) is 11.2. The van der Waals surface area contributed by atoms with Crippen molar-refractivity contribution in [3.05, 3.63) is 30.3 Å². The van der Waals surface area contributed by atoms with E-state index in [1.54, 1.807) is 0 Å². The summed E-state index contributed by atoms with van der Waals surface area (Å²) in [5.41, 5.74) is 0. The molecule has 0 radical (unpaired) electrons. The molecule has 0 bridgehead atoms. The van der Waals surface area contributed by atoms with Gasteiger partial charge in [-0.3, -0.25) is 0 Å². The van der Waals surface area contributed by atoms with Gasteiger partial charge in [0.15, 0.2) is 0 Å². The molecule has 0 heterocycles. The first-order valence-electron chi connectivity index (χ1n) is 7.03. The number of para-hydroxylation sites is 1. The van der Waals surface area contributed by atoms with E-state index in [1.165, 1.54) is 0 Å². The highest BCUT2D eigenvalue weighted by Gasteiger charge is 2.22. The maximum atomic E-state index is 9.86. The number of hydrogen-bond acceptors (Lipinski definition) is 4. The Morgan fingerprint density at radius 2 is 1.95 bits per heavy atom. The van der Waals surface area contributed by atoms with Crippen molar-refractivity contribution in [2.24, 2.45) is 0 Å². The molecule has 0 saturated heterocycles. The molecule has 0 aromatic heterocycles. The SMILES string of the molecule is OC(CNC1CCCCC1O)COc1ccccc1. The number of ether oxygens (including phenoxy) is 1. The van der Waals surface area contributed by atoms with E-state index in [1.807, 2.05) is 30.3 Å². The quantitative estimate of drug-likeness (QED) is 0.726. The molecule has 1 fully saturated rings. The van der Waals surface area contributed by atoms with Crippen LogP contribution in [-0.2, 0) is 0 Å². The molecule has 4 heteroatoms. The number of aliphatic hydroxyl groups excluding tert-OH is 2. The summed E-state index contributed by atoms with van der Waals surface area (Å²) in [6.07, 6.45) is 3.23. The lowest BCUT2D eigenvalue weighted by molar-refractivity contribution is 0.0673. The normalized spacial score (nSPS) is 24.9. The summed E-state index contributed by atoms with van der Waals surface area (Å²) in [6, 6.07) is 9.57. The highest BCUT2D eigenvalue weighted by molar-refractivity contribution is 5.20. The summed E-state index contributed by atoms with van der Waals surface area (Å²) in [5.74, 6) is 0.763. The third-order valence-electron chi connectivity index (χ3n) is 3.53. The molecule has 1 aliphatic rings. The Morgan fingerprint density at radius 3 is 2.68 bits per heavy atom. The van der Waals surface area contributed by atoms with Crippen LogP contribution in [0, 0.1) is 0 Å². The van der Waals surface area contributed by atoms with Crippen LogP contribution in [0.25, 0.3) is 0 Å². The minimum Gasteiger partial charge on any atom is -0.491 e. The highest BCUT2D eigenvalue weighted by Crippen LogP contribution is 2.18. The number of hydrogen-bond donors (Lipinski definition) is 3. The van der Waals surface area contributed by atoms with E-state index >= 15 is 0 Å². The summed E-state index contributed by atoms with van der Waals surface area (Å²) < 4.78 is 5.48. The lowest BCUT2D eigenvalue weighted by Gasteiger charge is -2.29. The number of nitrogens with one attached hydrogen (secondary N) is 1. The van der Waals surface area contributed by atoms with Gasteiger partial charge in [-0.15, -0.1) is 0 Å². The van der Waals surface area contributed by atoms with Crippen molar-refractivity contribution < 1.29 is 14.9 Å². The van der Waals surface area contributed by atoms with Crippen molar-refractivity contribution in [2.75, 3.05) is 13.2 Å². The second-order valence-corrected chi connectivity index (χ2v) is 5.14. The summed E-state index contributed by atoms with van der Waals surface area (Å²) in [4.78, 5) is 0. The maximum Gasteiger partial charge on any atom is 0.119 e. The number of aliphatic hydroxyl groups is 2. The van der Waals surface area contributed by atoms with E-state index in [0.717, 1.165) is 31.4 Å². The van der Waals surface area contributed by atoms with Crippen molar-refractivity contribution in [1.29, 1.82) is 0 Å². The summed E-state index contributed by atoms with van der Waals surface area (Å²) in [5, 5.41) is 22.9. The monoisotopic (exact) mass is 265 g/mol. The molecule has 0 aliphatic heterocycles. The van der Waals surface area contributed by atoms with Crippen LogP contribution in [0.15, 0.2) is 30.3 Å². The number of benzene rings is 1. The first kappa shape index (κ1) is 14.3. The molecule has 1 saturated carbocycles. The minimum atomic E-state index is -0.561. The Morgan fingerprint density at radius 1 is 1.21 bits per heavy atom. The molecular weight excluding hydrogens is 242 g/mol. The molecular formula is C15H23NO3. The molecule has 1 aromatic rings. The molecule has 1 aliphatic carbocycles. The van der Waals surface area contributed by atoms with E-state index in [-0.39, 0.29) is 18.8 Å². The second-order valence-electron chi connectivity index (χ2n) is 5.14. The predicted molar refractivity (Wildman–Crippen MR) is 74.2 cm³/mol. The van der Waals surface area contributed by atoms with Gasteiger partial charge in [0.05, 0.1) is 6.10 Å². The van der Waals surface area contributed by atoms with Crippen LogP contribution in [-0.4, -0.2) is 41.6 Å². The van der Waals surface area contributed by atoms with Crippen LogP contribution in [0.1, 0.15) is 25.7 Å². The maximum absolute atomic E-state index is 9.86. The lowest BCUT2D eigenvalue weighted by atomic mass is 9.92. The smallest absolute Gasteiger partial charge is 0.119 e. The van der Waals surface area contributed by atoms with Crippen molar-refractivity contribution >= 4 is 0 Å². The Bertz CT molecular complexity index is 358. The van der Waals surface area contributed by atoms with Crippen LogP contribution in [0.3, 0.4) is 0 Å². The molecule has 106 valence electrons. The molecule has 3 N–H and O–H groups in total. The second kappa shape index (κ2) is 7.48. The molecule has 4 nitrogen and oxygen atoms in total. The van der Waals surface area contributed by atoms with Crippen LogP contribution in [0.2, 0.25) is 0 Å². The van der Waals surface area contributed by atoms with Gasteiger partial charge in [-0.2, -0.15) is 0 Å². The largest absolute Gasteiger partial charge is 0.491 e.